The Labute approximate surface area is 111 Å². The van der Waals surface area contributed by atoms with Gasteiger partial charge in [0.15, 0.2) is 0 Å². The first-order chi connectivity index (χ1) is 8.81. The lowest BCUT2D eigenvalue weighted by atomic mass is 10.1. The maximum Gasteiger partial charge on any atom is 0.124 e. The molecule has 1 atom stereocenters. The van der Waals surface area contributed by atoms with Crippen molar-refractivity contribution in [3.05, 3.63) is 52.5 Å². The molecule has 0 spiro atoms. The standard InChI is InChI=1S/C14H15N3S/c1-17(8-4-12-2-6-16-7-3-12)14(10-15)13-5-9-18-11-13/h2-3,5-7,9,11,14H,4,8H2,1H3. The molecule has 4 heteroatoms. The van der Waals surface area contributed by atoms with Gasteiger partial charge in [-0.25, -0.2) is 0 Å². The maximum atomic E-state index is 9.27. The first-order valence-corrected chi connectivity index (χ1v) is 6.76. The van der Waals surface area contributed by atoms with Gasteiger partial charge in [-0.05, 0) is 53.6 Å². The fourth-order valence-electron chi connectivity index (χ4n) is 1.84. The van der Waals surface area contributed by atoms with Gasteiger partial charge in [-0.3, -0.25) is 9.88 Å². The maximum absolute atomic E-state index is 9.27. The van der Waals surface area contributed by atoms with Crippen LogP contribution in [0.4, 0.5) is 0 Å². The van der Waals surface area contributed by atoms with E-state index in [2.05, 4.69) is 16.0 Å². The molecule has 0 saturated carbocycles. The van der Waals surface area contributed by atoms with Crippen LogP contribution in [0, 0.1) is 11.3 Å². The highest BCUT2D eigenvalue weighted by atomic mass is 32.1. The second-order valence-corrected chi connectivity index (χ2v) is 4.95. The van der Waals surface area contributed by atoms with E-state index >= 15 is 0 Å². The molecule has 92 valence electrons. The summed E-state index contributed by atoms with van der Waals surface area (Å²) in [4.78, 5) is 6.09. The number of nitrogens with zero attached hydrogens (tertiary/aromatic N) is 3. The molecule has 0 aliphatic heterocycles. The summed E-state index contributed by atoms with van der Waals surface area (Å²) in [6.07, 6.45) is 4.54. The Balaban J connectivity index is 1.95. The molecule has 0 fully saturated rings. The van der Waals surface area contributed by atoms with Crippen LogP contribution < -0.4 is 0 Å². The molecule has 0 radical (unpaired) electrons. The summed E-state index contributed by atoms with van der Waals surface area (Å²) in [5, 5.41) is 13.3. The predicted molar refractivity (Wildman–Crippen MR) is 73.2 cm³/mol. The average molecular weight is 257 g/mol. The van der Waals surface area contributed by atoms with E-state index in [-0.39, 0.29) is 6.04 Å². The first kappa shape index (κ1) is 12.7. The molecule has 0 aliphatic carbocycles. The summed E-state index contributed by atoms with van der Waals surface area (Å²) in [5.74, 6) is 0. The average Bonchev–Trinajstić information content (AvgIpc) is 2.92. The monoisotopic (exact) mass is 257 g/mol. The fourth-order valence-corrected chi connectivity index (χ4v) is 2.52. The quantitative estimate of drug-likeness (QED) is 0.827. The molecule has 2 aromatic heterocycles. The highest BCUT2D eigenvalue weighted by molar-refractivity contribution is 7.08. The summed E-state index contributed by atoms with van der Waals surface area (Å²) >= 11 is 1.63. The van der Waals surface area contributed by atoms with Crippen LogP contribution in [0.5, 0.6) is 0 Å². The lowest BCUT2D eigenvalue weighted by Crippen LogP contribution is -2.25. The Hall–Kier alpha value is -1.70. The minimum atomic E-state index is -0.155. The number of nitriles is 1. The lowest BCUT2D eigenvalue weighted by Gasteiger charge is -2.21. The van der Waals surface area contributed by atoms with Crippen LogP contribution in [0.1, 0.15) is 17.2 Å². The van der Waals surface area contributed by atoms with Crippen molar-refractivity contribution in [2.24, 2.45) is 0 Å². The zero-order chi connectivity index (χ0) is 12.8. The molecular weight excluding hydrogens is 242 g/mol. The number of hydrogen-bond donors (Lipinski definition) is 0. The number of pyridine rings is 1. The molecule has 2 rings (SSSR count). The smallest absolute Gasteiger partial charge is 0.124 e. The summed E-state index contributed by atoms with van der Waals surface area (Å²) in [7, 11) is 1.99. The van der Waals surface area contributed by atoms with Crippen LogP contribution in [0.2, 0.25) is 0 Å². The Morgan fingerprint density at radius 3 is 2.78 bits per heavy atom. The molecule has 2 heterocycles. The highest BCUT2D eigenvalue weighted by Crippen LogP contribution is 2.21. The predicted octanol–water partition coefficient (Wildman–Crippen LogP) is 2.88. The van der Waals surface area contributed by atoms with E-state index in [1.807, 2.05) is 36.0 Å². The van der Waals surface area contributed by atoms with Gasteiger partial charge < -0.3 is 0 Å². The van der Waals surface area contributed by atoms with Crippen LogP contribution in [-0.4, -0.2) is 23.5 Å². The summed E-state index contributed by atoms with van der Waals surface area (Å²) in [6, 6.07) is 8.25. The largest absolute Gasteiger partial charge is 0.287 e. The molecule has 1 unspecified atom stereocenters. The molecule has 18 heavy (non-hydrogen) atoms. The van der Waals surface area contributed by atoms with Crippen molar-refractivity contribution in [1.82, 2.24) is 9.88 Å². The zero-order valence-electron chi connectivity index (χ0n) is 10.3. The van der Waals surface area contributed by atoms with Gasteiger partial charge in [-0.1, -0.05) is 0 Å². The summed E-state index contributed by atoms with van der Waals surface area (Å²) in [5.41, 5.74) is 2.33. The van der Waals surface area contributed by atoms with Crippen LogP contribution in [-0.2, 0) is 6.42 Å². The van der Waals surface area contributed by atoms with E-state index in [1.165, 1.54) is 5.56 Å². The number of likely N-dealkylation sites (N-methyl/N-ethyl adjacent to an activating group) is 1. The summed E-state index contributed by atoms with van der Waals surface area (Å²) < 4.78 is 0. The van der Waals surface area contributed by atoms with Crippen LogP contribution in [0.3, 0.4) is 0 Å². The van der Waals surface area contributed by atoms with Gasteiger partial charge in [0.25, 0.3) is 0 Å². The third kappa shape index (κ3) is 3.16. The Morgan fingerprint density at radius 1 is 1.39 bits per heavy atom. The molecule has 0 bridgehead atoms. The van der Waals surface area contributed by atoms with E-state index in [0.717, 1.165) is 18.5 Å². The molecule has 0 aromatic carbocycles. The second kappa shape index (κ2) is 6.29. The molecule has 0 aliphatic rings. The minimum Gasteiger partial charge on any atom is -0.287 e. The van der Waals surface area contributed by atoms with E-state index in [0.29, 0.717) is 0 Å². The van der Waals surface area contributed by atoms with Gasteiger partial charge in [0, 0.05) is 18.9 Å². The third-order valence-corrected chi connectivity index (χ3v) is 3.63. The van der Waals surface area contributed by atoms with Gasteiger partial charge in [0.1, 0.15) is 6.04 Å². The van der Waals surface area contributed by atoms with Gasteiger partial charge in [0.2, 0.25) is 0 Å². The van der Waals surface area contributed by atoms with Crippen molar-refractivity contribution in [1.29, 1.82) is 5.26 Å². The number of hydrogen-bond acceptors (Lipinski definition) is 4. The number of thiophene rings is 1. The topological polar surface area (TPSA) is 39.9 Å². The van der Waals surface area contributed by atoms with Gasteiger partial charge in [-0.2, -0.15) is 16.6 Å². The molecule has 2 aromatic rings. The Bertz CT molecular complexity index is 502. The number of aromatic nitrogens is 1. The third-order valence-electron chi connectivity index (χ3n) is 2.92. The van der Waals surface area contributed by atoms with Crippen molar-refractivity contribution in [2.75, 3.05) is 13.6 Å². The van der Waals surface area contributed by atoms with Crippen LogP contribution >= 0.6 is 11.3 Å². The van der Waals surface area contributed by atoms with Crippen LogP contribution in [0.15, 0.2) is 41.4 Å². The van der Waals surface area contributed by atoms with Crippen LogP contribution in [0.25, 0.3) is 0 Å². The minimum absolute atomic E-state index is 0.155. The normalized spacial score (nSPS) is 12.3. The fraction of sp³-hybridized carbons (Fsp3) is 0.286. The molecule has 0 amide bonds. The second-order valence-electron chi connectivity index (χ2n) is 4.17. The lowest BCUT2D eigenvalue weighted by molar-refractivity contribution is 0.296. The van der Waals surface area contributed by atoms with Crippen molar-refractivity contribution in [3.8, 4) is 6.07 Å². The Kier molecular flexibility index (Phi) is 4.46. The molecule has 0 N–H and O–H groups in total. The van der Waals surface area contributed by atoms with Gasteiger partial charge >= 0.3 is 0 Å². The van der Waals surface area contributed by atoms with E-state index in [9.17, 15) is 5.26 Å². The SMILES string of the molecule is CN(CCc1ccncc1)C(C#N)c1ccsc1. The molecule has 0 saturated heterocycles. The van der Waals surface area contributed by atoms with Gasteiger partial charge in [0.05, 0.1) is 6.07 Å². The van der Waals surface area contributed by atoms with E-state index in [4.69, 9.17) is 0 Å². The first-order valence-electron chi connectivity index (χ1n) is 5.82. The zero-order valence-corrected chi connectivity index (χ0v) is 11.1. The van der Waals surface area contributed by atoms with E-state index in [1.54, 1.807) is 23.7 Å². The molecular formula is C14H15N3S. The molecule has 3 nitrogen and oxygen atoms in total. The van der Waals surface area contributed by atoms with E-state index < -0.39 is 0 Å². The van der Waals surface area contributed by atoms with Crippen molar-refractivity contribution in [2.45, 2.75) is 12.5 Å². The number of rotatable bonds is 5. The van der Waals surface area contributed by atoms with Crippen molar-refractivity contribution in [3.63, 3.8) is 0 Å². The summed E-state index contributed by atoms with van der Waals surface area (Å²) in [6.45, 7) is 0.859. The Morgan fingerprint density at radius 2 is 2.17 bits per heavy atom. The highest BCUT2D eigenvalue weighted by Gasteiger charge is 2.16. The van der Waals surface area contributed by atoms with Crippen molar-refractivity contribution >= 4 is 11.3 Å². The van der Waals surface area contributed by atoms with Crippen molar-refractivity contribution < 1.29 is 0 Å². The van der Waals surface area contributed by atoms with Gasteiger partial charge in [-0.15, -0.1) is 0 Å².